The molecule has 1 heterocycles. The van der Waals surface area contributed by atoms with Gasteiger partial charge in [0.15, 0.2) is 5.75 Å². The summed E-state index contributed by atoms with van der Waals surface area (Å²) in [7, 11) is 0. The van der Waals surface area contributed by atoms with Crippen LogP contribution in [-0.4, -0.2) is 50.5 Å². The third kappa shape index (κ3) is 7.67. The van der Waals surface area contributed by atoms with Crippen LogP contribution >= 0.6 is 0 Å². The number of carboxylic acid groups (broad SMARTS) is 1. The summed E-state index contributed by atoms with van der Waals surface area (Å²) >= 11 is 0. The minimum atomic E-state index is -0.923. The van der Waals surface area contributed by atoms with E-state index in [0.29, 0.717) is 26.3 Å². The molecule has 0 amide bonds. The highest BCUT2D eigenvalue weighted by Gasteiger charge is 2.25. The maximum absolute atomic E-state index is 12.0. The Bertz CT molecular complexity index is 828. The number of hydrogen-bond acceptors (Lipinski definition) is 5. The fraction of sp³-hybridized carbons (Fsp3) is 0.519. The molecule has 1 aliphatic heterocycles. The molecule has 6 nitrogen and oxygen atoms in total. The third-order valence-corrected chi connectivity index (χ3v) is 5.52. The number of unbranched alkanes of at least 4 members (excludes halogenated alkanes) is 2. The number of ether oxygens (including phenoxy) is 2. The van der Waals surface area contributed by atoms with Gasteiger partial charge in [-0.3, -0.25) is 0 Å². The minimum absolute atomic E-state index is 0.287. The lowest BCUT2D eigenvalue weighted by atomic mass is 10.1. The van der Waals surface area contributed by atoms with Gasteiger partial charge in [-0.15, -0.1) is 0 Å². The van der Waals surface area contributed by atoms with Crippen LogP contribution in [0.25, 0.3) is 0 Å². The zero-order valence-electron chi connectivity index (χ0n) is 20.7. The molecule has 0 bridgehead atoms. The van der Waals surface area contributed by atoms with E-state index in [2.05, 4.69) is 23.6 Å². The number of carboxylic acids is 1. The van der Waals surface area contributed by atoms with E-state index >= 15 is 0 Å². The molecule has 2 aromatic rings. The second-order valence-electron chi connectivity index (χ2n) is 7.86. The SMILES string of the molecule is CC.CCCCN(CCCC)c1cc(C(=O)O)cc(N2CCOCC2)c1Oc1ccccc1. The van der Waals surface area contributed by atoms with Crippen LogP contribution < -0.4 is 14.5 Å². The topological polar surface area (TPSA) is 62.2 Å². The van der Waals surface area contributed by atoms with Crippen LogP contribution in [0.2, 0.25) is 0 Å². The van der Waals surface area contributed by atoms with Gasteiger partial charge in [-0.05, 0) is 37.1 Å². The van der Waals surface area contributed by atoms with Crippen molar-refractivity contribution in [2.75, 3.05) is 49.2 Å². The fourth-order valence-corrected chi connectivity index (χ4v) is 3.76. The van der Waals surface area contributed by atoms with E-state index in [1.807, 2.05) is 44.2 Å². The van der Waals surface area contributed by atoms with Crippen molar-refractivity contribution in [3.63, 3.8) is 0 Å². The highest BCUT2D eigenvalue weighted by Crippen LogP contribution is 2.43. The highest BCUT2D eigenvalue weighted by atomic mass is 16.5. The molecule has 0 radical (unpaired) electrons. The van der Waals surface area contributed by atoms with Crippen LogP contribution in [0.5, 0.6) is 11.5 Å². The van der Waals surface area contributed by atoms with E-state index in [9.17, 15) is 9.90 Å². The van der Waals surface area contributed by atoms with Gasteiger partial charge in [0, 0.05) is 26.2 Å². The predicted molar refractivity (Wildman–Crippen MR) is 136 cm³/mol. The lowest BCUT2D eigenvalue weighted by Crippen LogP contribution is -2.37. The van der Waals surface area contributed by atoms with Gasteiger partial charge in [0.2, 0.25) is 0 Å². The van der Waals surface area contributed by atoms with E-state index in [1.165, 1.54) is 0 Å². The summed E-state index contributed by atoms with van der Waals surface area (Å²) in [4.78, 5) is 16.5. The number of benzene rings is 2. The predicted octanol–water partition coefficient (Wildman–Crippen LogP) is 6.45. The number of anilines is 2. The highest BCUT2D eigenvalue weighted by molar-refractivity contribution is 5.93. The van der Waals surface area contributed by atoms with Gasteiger partial charge < -0.3 is 24.4 Å². The second kappa shape index (κ2) is 14.4. The van der Waals surface area contributed by atoms with E-state index in [-0.39, 0.29) is 5.56 Å². The summed E-state index contributed by atoms with van der Waals surface area (Å²) in [6.07, 6.45) is 4.23. The molecule has 0 aromatic heterocycles. The van der Waals surface area contributed by atoms with Crippen molar-refractivity contribution in [2.45, 2.75) is 53.4 Å². The number of nitrogens with zero attached hydrogens (tertiary/aromatic N) is 2. The molecule has 1 fully saturated rings. The molecular formula is C27H40N2O4. The summed E-state index contributed by atoms with van der Waals surface area (Å²) in [5, 5.41) is 9.84. The fourth-order valence-electron chi connectivity index (χ4n) is 3.76. The number of hydrogen-bond donors (Lipinski definition) is 1. The number of rotatable bonds is 11. The summed E-state index contributed by atoms with van der Waals surface area (Å²) < 4.78 is 12.0. The maximum atomic E-state index is 12.0. The van der Waals surface area contributed by atoms with Crippen molar-refractivity contribution in [3.8, 4) is 11.5 Å². The Balaban J connectivity index is 0.00000187. The number of aromatic carboxylic acids is 1. The average molecular weight is 457 g/mol. The Hall–Kier alpha value is -2.73. The second-order valence-corrected chi connectivity index (χ2v) is 7.86. The summed E-state index contributed by atoms with van der Waals surface area (Å²) in [5.74, 6) is 0.547. The molecule has 182 valence electrons. The van der Waals surface area contributed by atoms with Gasteiger partial charge >= 0.3 is 5.97 Å². The Morgan fingerprint density at radius 3 is 2.18 bits per heavy atom. The first-order valence-electron chi connectivity index (χ1n) is 12.4. The lowest BCUT2D eigenvalue weighted by Gasteiger charge is -2.34. The number of carbonyl (C=O) groups is 1. The lowest BCUT2D eigenvalue weighted by molar-refractivity contribution is 0.0697. The van der Waals surface area contributed by atoms with Crippen LogP contribution in [0.3, 0.4) is 0 Å². The molecule has 0 aliphatic carbocycles. The van der Waals surface area contributed by atoms with Gasteiger partial charge in [-0.1, -0.05) is 58.7 Å². The van der Waals surface area contributed by atoms with Crippen molar-refractivity contribution in [3.05, 3.63) is 48.0 Å². The van der Waals surface area contributed by atoms with Gasteiger partial charge in [0.1, 0.15) is 5.75 Å². The van der Waals surface area contributed by atoms with Gasteiger partial charge in [-0.25, -0.2) is 4.79 Å². The third-order valence-electron chi connectivity index (χ3n) is 5.52. The number of para-hydroxylation sites is 1. The van der Waals surface area contributed by atoms with Crippen molar-refractivity contribution >= 4 is 17.3 Å². The quantitative estimate of drug-likeness (QED) is 0.419. The molecule has 0 unspecified atom stereocenters. The zero-order valence-corrected chi connectivity index (χ0v) is 20.7. The zero-order chi connectivity index (χ0) is 24.1. The first-order valence-corrected chi connectivity index (χ1v) is 12.4. The van der Waals surface area contributed by atoms with Crippen molar-refractivity contribution in [1.29, 1.82) is 0 Å². The Labute approximate surface area is 199 Å². The van der Waals surface area contributed by atoms with E-state index in [0.717, 1.165) is 61.6 Å². The first-order chi connectivity index (χ1) is 16.1. The summed E-state index contributed by atoms with van der Waals surface area (Å²) in [6.45, 7) is 12.7. The van der Waals surface area contributed by atoms with Gasteiger partial charge in [0.25, 0.3) is 0 Å². The number of morpholine rings is 1. The maximum Gasteiger partial charge on any atom is 0.335 e. The molecule has 1 aliphatic rings. The molecule has 6 heteroatoms. The van der Waals surface area contributed by atoms with Crippen LogP contribution in [0.4, 0.5) is 11.4 Å². The van der Waals surface area contributed by atoms with Crippen LogP contribution in [0.1, 0.15) is 63.7 Å². The molecule has 0 atom stereocenters. The molecule has 1 N–H and O–H groups in total. The normalized spacial score (nSPS) is 13.2. The molecular weight excluding hydrogens is 416 g/mol. The van der Waals surface area contributed by atoms with Crippen molar-refractivity contribution in [1.82, 2.24) is 0 Å². The van der Waals surface area contributed by atoms with Crippen LogP contribution in [0, 0.1) is 0 Å². The first kappa shape index (κ1) is 26.5. The molecule has 0 saturated carbocycles. The van der Waals surface area contributed by atoms with Gasteiger partial charge in [0.05, 0.1) is 30.2 Å². The average Bonchev–Trinajstić information content (AvgIpc) is 2.86. The largest absolute Gasteiger partial charge is 0.478 e. The summed E-state index contributed by atoms with van der Waals surface area (Å²) in [5.41, 5.74) is 1.96. The molecule has 0 spiro atoms. The standard InChI is InChI=1S/C25H34N2O4.C2H6/c1-3-5-12-26(13-6-4-2)22-18-20(25(28)29)19-23(27-14-16-30-17-15-27)24(22)31-21-10-8-7-9-11-21;1-2/h7-11,18-19H,3-6,12-17H2,1-2H3,(H,28,29);1-2H3. The van der Waals surface area contributed by atoms with Crippen molar-refractivity contribution < 1.29 is 19.4 Å². The molecule has 33 heavy (non-hydrogen) atoms. The minimum Gasteiger partial charge on any atom is -0.478 e. The van der Waals surface area contributed by atoms with Crippen molar-refractivity contribution in [2.24, 2.45) is 0 Å². The summed E-state index contributed by atoms with van der Waals surface area (Å²) in [6, 6.07) is 13.2. The van der Waals surface area contributed by atoms with Crippen LogP contribution in [0.15, 0.2) is 42.5 Å². The Kier molecular flexibility index (Phi) is 11.6. The monoisotopic (exact) mass is 456 g/mol. The molecule has 1 saturated heterocycles. The smallest absolute Gasteiger partial charge is 0.335 e. The van der Waals surface area contributed by atoms with E-state index in [1.54, 1.807) is 12.1 Å². The van der Waals surface area contributed by atoms with Gasteiger partial charge in [-0.2, -0.15) is 0 Å². The van der Waals surface area contributed by atoms with Crippen LogP contribution in [-0.2, 0) is 4.74 Å². The molecule has 2 aromatic carbocycles. The van der Waals surface area contributed by atoms with E-state index < -0.39 is 5.97 Å². The Morgan fingerprint density at radius 1 is 1.03 bits per heavy atom. The van der Waals surface area contributed by atoms with E-state index in [4.69, 9.17) is 9.47 Å². The Morgan fingerprint density at radius 2 is 1.64 bits per heavy atom. The molecule has 3 rings (SSSR count).